The Kier molecular flexibility index (Phi) is 1.79. The normalized spacial score (nSPS) is 20.8. The highest BCUT2D eigenvalue weighted by Crippen LogP contribution is 2.36. The van der Waals surface area contributed by atoms with Gasteiger partial charge in [0.05, 0.1) is 12.2 Å². The zero-order chi connectivity index (χ0) is 9.42. The maximum absolute atomic E-state index is 5.86. The van der Waals surface area contributed by atoms with Crippen molar-refractivity contribution in [3.05, 3.63) is 18.2 Å². The molecule has 13 heavy (non-hydrogen) atoms. The molecule has 1 heterocycles. The fourth-order valence-corrected chi connectivity index (χ4v) is 1.77. The quantitative estimate of drug-likeness (QED) is 0.612. The number of hydrogen-bond acceptors (Lipinski definition) is 3. The summed E-state index contributed by atoms with van der Waals surface area (Å²) in [4.78, 5) is 2.14. The molecule has 0 aliphatic carbocycles. The number of ether oxygens (including phenoxy) is 1. The smallest absolute Gasteiger partial charge is 0.145 e. The molecule has 1 aromatic carbocycles. The van der Waals surface area contributed by atoms with Crippen molar-refractivity contribution in [2.75, 3.05) is 24.2 Å². The molecule has 1 aromatic rings. The topological polar surface area (TPSA) is 38.5 Å². The van der Waals surface area contributed by atoms with E-state index in [1.54, 1.807) is 0 Å². The molecular formula is C10H14N2O. The van der Waals surface area contributed by atoms with E-state index < -0.39 is 0 Å². The van der Waals surface area contributed by atoms with E-state index in [9.17, 15) is 0 Å². The summed E-state index contributed by atoms with van der Waals surface area (Å²) >= 11 is 0. The Morgan fingerprint density at radius 1 is 1.54 bits per heavy atom. The van der Waals surface area contributed by atoms with Gasteiger partial charge in [0, 0.05) is 7.05 Å². The highest BCUT2D eigenvalue weighted by Gasteiger charge is 2.21. The summed E-state index contributed by atoms with van der Waals surface area (Å²) in [7, 11) is 2.04. The van der Waals surface area contributed by atoms with Gasteiger partial charge in [0.25, 0.3) is 0 Å². The molecule has 0 fully saturated rings. The highest BCUT2D eigenvalue weighted by molar-refractivity contribution is 5.75. The van der Waals surface area contributed by atoms with E-state index in [-0.39, 0.29) is 6.10 Å². The Morgan fingerprint density at radius 3 is 3.08 bits per heavy atom. The van der Waals surface area contributed by atoms with Crippen molar-refractivity contribution in [2.45, 2.75) is 13.0 Å². The summed E-state index contributed by atoms with van der Waals surface area (Å²) in [6.07, 6.45) is 0.235. The Hall–Kier alpha value is -1.38. The molecule has 0 radical (unpaired) electrons. The SMILES string of the molecule is CC1CN(C)c2c(N)cccc2O1. The molecule has 70 valence electrons. The number of para-hydroxylation sites is 1. The van der Waals surface area contributed by atoms with Crippen LogP contribution in [0.15, 0.2) is 18.2 Å². The molecule has 0 spiro atoms. The molecule has 0 saturated carbocycles. The van der Waals surface area contributed by atoms with Gasteiger partial charge in [0.2, 0.25) is 0 Å². The zero-order valence-electron chi connectivity index (χ0n) is 7.95. The molecule has 1 atom stereocenters. The van der Waals surface area contributed by atoms with E-state index in [4.69, 9.17) is 10.5 Å². The first-order valence-corrected chi connectivity index (χ1v) is 4.45. The molecule has 3 nitrogen and oxygen atoms in total. The second-order valence-electron chi connectivity index (χ2n) is 3.50. The van der Waals surface area contributed by atoms with Gasteiger partial charge in [-0.3, -0.25) is 0 Å². The summed E-state index contributed by atoms with van der Waals surface area (Å²) in [6.45, 7) is 2.95. The Balaban J connectivity index is 2.49. The van der Waals surface area contributed by atoms with E-state index in [0.717, 1.165) is 23.7 Å². The highest BCUT2D eigenvalue weighted by atomic mass is 16.5. The third-order valence-electron chi connectivity index (χ3n) is 2.27. The first-order chi connectivity index (χ1) is 6.18. The van der Waals surface area contributed by atoms with Gasteiger partial charge in [-0.1, -0.05) is 6.07 Å². The summed E-state index contributed by atoms with van der Waals surface area (Å²) in [5.41, 5.74) is 7.65. The predicted molar refractivity (Wildman–Crippen MR) is 54.2 cm³/mol. The van der Waals surface area contributed by atoms with Crippen molar-refractivity contribution < 1.29 is 4.74 Å². The van der Waals surface area contributed by atoms with Crippen LogP contribution in [0.4, 0.5) is 11.4 Å². The van der Waals surface area contributed by atoms with Crippen LogP contribution in [0.5, 0.6) is 5.75 Å². The third-order valence-corrected chi connectivity index (χ3v) is 2.27. The lowest BCUT2D eigenvalue weighted by Crippen LogP contribution is -2.36. The van der Waals surface area contributed by atoms with Gasteiger partial charge in [-0.25, -0.2) is 0 Å². The second-order valence-corrected chi connectivity index (χ2v) is 3.50. The van der Waals surface area contributed by atoms with Crippen LogP contribution < -0.4 is 15.4 Å². The predicted octanol–water partition coefficient (Wildman–Crippen LogP) is 1.49. The average molecular weight is 178 g/mol. The van der Waals surface area contributed by atoms with Crippen LogP contribution >= 0.6 is 0 Å². The Morgan fingerprint density at radius 2 is 2.31 bits per heavy atom. The molecule has 0 amide bonds. The molecule has 1 aliphatic rings. The standard InChI is InChI=1S/C10H14N2O/c1-7-6-12(2)10-8(11)4-3-5-9(10)13-7/h3-5,7H,6,11H2,1-2H3. The lowest BCUT2D eigenvalue weighted by Gasteiger charge is -2.32. The number of nitrogens with zero attached hydrogens (tertiary/aromatic N) is 1. The molecule has 0 saturated heterocycles. The zero-order valence-corrected chi connectivity index (χ0v) is 7.95. The minimum Gasteiger partial charge on any atom is -0.487 e. The molecule has 2 rings (SSSR count). The number of nitrogen functional groups attached to an aromatic ring is 1. The lowest BCUT2D eigenvalue weighted by atomic mass is 10.2. The number of benzene rings is 1. The number of fused-ring (bicyclic) bond motifs is 1. The van der Waals surface area contributed by atoms with Crippen LogP contribution in [0.3, 0.4) is 0 Å². The van der Waals surface area contributed by atoms with Crippen molar-refractivity contribution in [2.24, 2.45) is 0 Å². The van der Waals surface area contributed by atoms with Crippen LogP contribution in [-0.4, -0.2) is 19.7 Å². The molecule has 1 aliphatic heterocycles. The summed E-state index contributed by atoms with van der Waals surface area (Å²) in [5, 5.41) is 0. The van der Waals surface area contributed by atoms with Gasteiger partial charge in [0.1, 0.15) is 17.5 Å². The average Bonchev–Trinajstić information content (AvgIpc) is 2.02. The maximum Gasteiger partial charge on any atom is 0.145 e. The molecule has 0 aromatic heterocycles. The van der Waals surface area contributed by atoms with Crippen molar-refractivity contribution in [3.8, 4) is 5.75 Å². The van der Waals surface area contributed by atoms with E-state index in [1.807, 2.05) is 25.2 Å². The van der Waals surface area contributed by atoms with Crippen molar-refractivity contribution in [3.63, 3.8) is 0 Å². The number of anilines is 2. The van der Waals surface area contributed by atoms with Gasteiger partial charge >= 0.3 is 0 Å². The minimum absolute atomic E-state index is 0.235. The van der Waals surface area contributed by atoms with Crippen molar-refractivity contribution in [1.82, 2.24) is 0 Å². The first-order valence-electron chi connectivity index (χ1n) is 4.45. The van der Waals surface area contributed by atoms with Crippen LogP contribution in [0.25, 0.3) is 0 Å². The van der Waals surface area contributed by atoms with E-state index >= 15 is 0 Å². The van der Waals surface area contributed by atoms with Crippen LogP contribution in [-0.2, 0) is 0 Å². The van der Waals surface area contributed by atoms with Crippen molar-refractivity contribution in [1.29, 1.82) is 0 Å². The van der Waals surface area contributed by atoms with Crippen LogP contribution in [0.2, 0.25) is 0 Å². The number of rotatable bonds is 0. The Bertz CT molecular complexity index is 325. The molecular weight excluding hydrogens is 164 g/mol. The largest absolute Gasteiger partial charge is 0.487 e. The van der Waals surface area contributed by atoms with Gasteiger partial charge < -0.3 is 15.4 Å². The van der Waals surface area contributed by atoms with Gasteiger partial charge in [-0.15, -0.1) is 0 Å². The van der Waals surface area contributed by atoms with E-state index in [0.29, 0.717) is 0 Å². The molecule has 3 heteroatoms. The Labute approximate surface area is 78.1 Å². The van der Waals surface area contributed by atoms with Gasteiger partial charge in [-0.05, 0) is 19.1 Å². The fraction of sp³-hybridized carbons (Fsp3) is 0.400. The van der Waals surface area contributed by atoms with Crippen molar-refractivity contribution >= 4 is 11.4 Å². The second kappa shape index (κ2) is 2.83. The number of hydrogen-bond donors (Lipinski definition) is 1. The molecule has 1 unspecified atom stereocenters. The van der Waals surface area contributed by atoms with E-state index in [1.165, 1.54) is 0 Å². The summed E-state index contributed by atoms with van der Waals surface area (Å²) in [6, 6.07) is 5.77. The maximum atomic E-state index is 5.86. The van der Waals surface area contributed by atoms with Gasteiger partial charge in [0.15, 0.2) is 0 Å². The minimum atomic E-state index is 0.235. The van der Waals surface area contributed by atoms with Crippen LogP contribution in [0, 0.1) is 0 Å². The third kappa shape index (κ3) is 1.30. The monoisotopic (exact) mass is 178 g/mol. The fourth-order valence-electron chi connectivity index (χ4n) is 1.77. The van der Waals surface area contributed by atoms with Gasteiger partial charge in [-0.2, -0.15) is 0 Å². The molecule has 2 N–H and O–H groups in total. The number of likely N-dealkylation sites (N-methyl/N-ethyl adjacent to an activating group) is 1. The lowest BCUT2D eigenvalue weighted by molar-refractivity contribution is 0.215. The number of nitrogens with two attached hydrogens (primary N) is 1. The summed E-state index contributed by atoms with van der Waals surface area (Å²) in [5.74, 6) is 0.890. The van der Waals surface area contributed by atoms with Crippen LogP contribution in [0.1, 0.15) is 6.92 Å². The first kappa shape index (κ1) is 8.23. The van der Waals surface area contributed by atoms with E-state index in [2.05, 4.69) is 11.8 Å². The summed E-state index contributed by atoms with van der Waals surface area (Å²) < 4.78 is 5.66. The molecule has 0 bridgehead atoms.